The highest BCUT2D eigenvalue weighted by Crippen LogP contribution is 2.32. The lowest BCUT2D eigenvalue weighted by molar-refractivity contribution is -0.0550. The van der Waals surface area contributed by atoms with Crippen LogP contribution in [0.25, 0.3) is 11.1 Å². The lowest BCUT2D eigenvalue weighted by atomic mass is 9.81. The minimum absolute atomic E-state index is 0. The molecule has 12 atom stereocenters. The molecule has 0 saturated carbocycles. The molecule has 0 bridgehead atoms. The number of hydrogen-bond acceptors (Lipinski definition) is 23. The van der Waals surface area contributed by atoms with E-state index in [4.69, 9.17) is 56.8 Å². The second-order valence-electron chi connectivity index (χ2n) is 14.8. The van der Waals surface area contributed by atoms with Gasteiger partial charge in [0.05, 0.1) is 23.4 Å². The van der Waals surface area contributed by atoms with Crippen molar-refractivity contribution in [1.29, 1.82) is 0 Å². The largest absolute Gasteiger partial charge is 0.488 e. The first-order valence-electron chi connectivity index (χ1n) is 19.9. The van der Waals surface area contributed by atoms with Crippen LogP contribution in [0.3, 0.4) is 0 Å². The molecule has 370 valence electrons. The monoisotopic (exact) mass is 1070 g/mol. The molecule has 0 amide bonds. The van der Waals surface area contributed by atoms with Crippen LogP contribution in [0, 0.1) is 3.57 Å². The molecular formula is C40H53BIN9O17. The van der Waals surface area contributed by atoms with Gasteiger partial charge in [0.15, 0.2) is 18.7 Å². The molecule has 5 aromatic rings. The maximum atomic E-state index is 12.1. The van der Waals surface area contributed by atoms with Crippen molar-refractivity contribution in [2.75, 3.05) is 37.0 Å². The molecule has 68 heavy (non-hydrogen) atoms. The van der Waals surface area contributed by atoms with Crippen LogP contribution in [0.2, 0.25) is 0 Å². The van der Waals surface area contributed by atoms with Gasteiger partial charge in [0, 0.05) is 24.2 Å². The van der Waals surface area contributed by atoms with Gasteiger partial charge in [0.25, 0.3) is 0 Å². The Morgan fingerprint density at radius 2 is 0.956 bits per heavy atom. The summed E-state index contributed by atoms with van der Waals surface area (Å²) in [7, 11) is -1.34. The highest BCUT2D eigenvalue weighted by molar-refractivity contribution is 14.1. The van der Waals surface area contributed by atoms with Gasteiger partial charge < -0.3 is 87.4 Å². The first-order chi connectivity index (χ1) is 31.8. The summed E-state index contributed by atoms with van der Waals surface area (Å²) < 4.78 is 19.4. The van der Waals surface area contributed by atoms with E-state index in [2.05, 4.69) is 15.0 Å². The predicted molar refractivity (Wildman–Crippen MR) is 249 cm³/mol. The van der Waals surface area contributed by atoms with E-state index in [0.29, 0.717) is 14.6 Å². The van der Waals surface area contributed by atoms with E-state index in [9.17, 15) is 45.0 Å². The number of nitrogens with two attached hydrogens (primary N) is 3. The number of aliphatic hydroxyl groups excluding tert-OH is 9. The van der Waals surface area contributed by atoms with Crippen molar-refractivity contribution in [2.45, 2.75) is 81.0 Å². The van der Waals surface area contributed by atoms with Crippen molar-refractivity contribution in [3.63, 3.8) is 0 Å². The Balaban J connectivity index is 0.000000205. The molecule has 6 heterocycles. The topological polar surface area (TPSA) is 433 Å². The molecule has 0 spiro atoms. The fraction of sp³-hybridized carbons (Fsp3) is 0.400. The third kappa shape index (κ3) is 12.9. The third-order valence-corrected chi connectivity index (χ3v) is 11.2. The fourth-order valence-electron chi connectivity index (χ4n) is 6.72. The SMILES string of the molecule is C.Nc1ccn([C@@H]2O[C@H](CO)C(O)[C@@H]2O)c(=O)n1.Nc1nc(=O)n([C@@H]2O[C@H](CO)C(O)[C@@H]2O)cc1-c1ccccc1.Nc1nc(=O)n([C@@H]2O[C@H](CO)C(O)[C@@H]2O)cc1I.OB(O)c1ccccc1. The maximum absolute atomic E-state index is 12.1. The molecule has 17 N–H and O–H groups in total. The zero-order valence-electron chi connectivity index (χ0n) is 34.9. The lowest BCUT2D eigenvalue weighted by Gasteiger charge is -2.18. The highest BCUT2D eigenvalue weighted by atomic mass is 127. The molecule has 3 unspecified atom stereocenters. The van der Waals surface area contributed by atoms with E-state index in [1.165, 1.54) is 24.7 Å². The molecular weight excluding hydrogens is 1020 g/mol. The van der Waals surface area contributed by atoms with Crippen LogP contribution in [-0.2, 0) is 14.2 Å². The fourth-order valence-corrected chi connectivity index (χ4v) is 7.14. The van der Waals surface area contributed by atoms with Crippen molar-refractivity contribution in [3.8, 4) is 11.1 Å². The smallest absolute Gasteiger partial charge is 0.423 e. The minimum atomic E-state index is -1.36. The van der Waals surface area contributed by atoms with Crippen LogP contribution < -0.4 is 39.7 Å². The molecule has 26 nitrogen and oxygen atoms in total. The van der Waals surface area contributed by atoms with Gasteiger partial charge in [-0.3, -0.25) is 13.7 Å². The zero-order valence-corrected chi connectivity index (χ0v) is 37.0. The maximum Gasteiger partial charge on any atom is 0.488 e. The number of nitrogens with zero attached hydrogens (tertiary/aromatic N) is 6. The molecule has 3 aliphatic heterocycles. The number of hydrogen-bond donors (Lipinski definition) is 14. The third-order valence-electron chi connectivity index (χ3n) is 10.3. The second kappa shape index (κ2) is 24.8. The van der Waals surface area contributed by atoms with E-state index >= 15 is 0 Å². The van der Waals surface area contributed by atoms with Gasteiger partial charge in [-0.25, -0.2) is 14.4 Å². The summed E-state index contributed by atoms with van der Waals surface area (Å²) in [6.07, 6.45) is -9.84. The van der Waals surface area contributed by atoms with E-state index < -0.39 is 118 Å². The van der Waals surface area contributed by atoms with Crippen LogP contribution in [-0.4, -0.2) is 167 Å². The quantitative estimate of drug-likeness (QED) is 0.0509. The van der Waals surface area contributed by atoms with Crippen molar-refractivity contribution in [2.24, 2.45) is 0 Å². The van der Waals surface area contributed by atoms with E-state index in [1.807, 2.05) is 46.9 Å². The minimum Gasteiger partial charge on any atom is -0.423 e. The van der Waals surface area contributed by atoms with Gasteiger partial charge in [-0.1, -0.05) is 68.1 Å². The molecule has 2 aromatic carbocycles. The Morgan fingerprint density at radius 3 is 1.35 bits per heavy atom. The highest BCUT2D eigenvalue weighted by Gasteiger charge is 2.46. The van der Waals surface area contributed by atoms with Crippen LogP contribution in [0.1, 0.15) is 26.1 Å². The Bertz CT molecular complexity index is 2570. The van der Waals surface area contributed by atoms with E-state index in [1.54, 1.807) is 36.4 Å². The van der Waals surface area contributed by atoms with Crippen molar-refractivity contribution < 1.29 is 70.2 Å². The Morgan fingerprint density at radius 1 is 0.559 bits per heavy atom. The number of ether oxygens (including phenoxy) is 3. The number of aliphatic hydroxyl groups is 9. The Labute approximate surface area is 399 Å². The summed E-state index contributed by atoms with van der Waals surface area (Å²) >= 11 is 1.88. The number of rotatable bonds is 8. The van der Waals surface area contributed by atoms with Gasteiger partial charge in [-0.05, 0) is 39.7 Å². The summed E-state index contributed by atoms with van der Waals surface area (Å²) in [4.78, 5) is 46.1. The first-order valence-corrected chi connectivity index (χ1v) is 21.0. The summed E-state index contributed by atoms with van der Waals surface area (Å²) in [5.74, 6) is 0.200. The number of benzene rings is 2. The summed E-state index contributed by atoms with van der Waals surface area (Å²) in [6, 6.07) is 19.1. The molecule has 3 aromatic heterocycles. The lowest BCUT2D eigenvalue weighted by Crippen LogP contribution is -2.36. The standard InChI is InChI=1S/C15H17N3O5.C9H12IN3O5.C9H13N3O5.C6H7BO2.CH4/c16-13-9(8-4-2-1-3-5-8)6-18(15(22)17-13)14-12(21)11(20)10(7-19)23-14;10-3-1-13(9(17)12-7(3)11)8-6(16)5(15)4(2-14)18-8;10-5-1-2-12(9(16)11-5)8-7(15)6(14)4(3-13)17-8;8-7(9)6-4-2-1-3-5-6;/h1-6,10-12,14,19-21H,7H2,(H2,16,17,22);1,4-6,8,14-16H,2H2,(H2,11,12,17);1-2,4,6-8,13-15H,3H2,(H2,10,11,16);1-5,8-9H;1H4/t10-,11?,12+,14-;4-,5?,6+,8-;4-,6?,7+,8-;;/m111../s1. The van der Waals surface area contributed by atoms with Crippen LogP contribution in [0.4, 0.5) is 17.5 Å². The molecule has 3 saturated heterocycles. The van der Waals surface area contributed by atoms with Gasteiger partial charge in [-0.15, -0.1) is 0 Å². The van der Waals surface area contributed by atoms with E-state index in [0.717, 1.165) is 19.3 Å². The average molecular weight is 1070 g/mol. The van der Waals surface area contributed by atoms with Gasteiger partial charge in [0.2, 0.25) is 0 Å². The predicted octanol–water partition coefficient (Wildman–Crippen LogP) is -5.41. The number of aromatic nitrogens is 6. The number of anilines is 3. The molecule has 28 heteroatoms. The number of halogens is 1. The molecule has 8 rings (SSSR count). The summed E-state index contributed by atoms with van der Waals surface area (Å²) in [6.45, 7) is -1.38. The van der Waals surface area contributed by atoms with Gasteiger partial charge in [-0.2, -0.15) is 15.0 Å². The number of nitrogen functional groups attached to an aromatic ring is 3. The van der Waals surface area contributed by atoms with Crippen molar-refractivity contribution in [3.05, 3.63) is 120 Å². The zero-order chi connectivity index (χ0) is 49.3. The second-order valence-corrected chi connectivity index (χ2v) is 15.9. The Kier molecular flexibility index (Phi) is 20.2. The van der Waals surface area contributed by atoms with Crippen LogP contribution in [0.5, 0.6) is 0 Å². The molecule has 3 aliphatic rings. The van der Waals surface area contributed by atoms with Crippen molar-refractivity contribution in [1.82, 2.24) is 28.7 Å². The van der Waals surface area contributed by atoms with Crippen LogP contribution >= 0.6 is 22.6 Å². The Hall–Kier alpha value is -5.29. The molecule has 3 fully saturated rings. The van der Waals surface area contributed by atoms with E-state index in [-0.39, 0.29) is 24.9 Å². The van der Waals surface area contributed by atoms with Gasteiger partial charge in [0.1, 0.15) is 72.4 Å². The van der Waals surface area contributed by atoms with Crippen LogP contribution in [0.15, 0.2) is 99.7 Å². The summed E-state index contributed by atoms with van der Waals surface area (Å²) in [5, 5.41) is 103. The molecule has 0 radical (unpaired) electrons. The van der Waals surface area contributed by atoms with Crippen molar-refractivity contribution >= 4 is 52.6 Å². The average Bonchev–Trinajstić information content (AvgIpc) is 3.89. The van der Waals surface area contributed by atoms with Gasteiger partial charge >= 0.3 is 24.2 Å². The first kappa shape index (κ1) is 55.3. The molecule has 0 aliphatic carbocycles. The normalized spacial score (nSPS) is 27.1. The summed E-state index contributed by atoms with van der Waals surface area (Å²) in [5.41, 5.74) is 16.3.